The van der Waals surface area contributed by atoms with Gasteiger partial charge in [-0.05, 0) is 48.0 Å². The van der Waals surface area contributed by atoms with E-state index in [4.69, 9.17) is 0 Å². The van der Waals surface area contributed by atoms with Gasteiger partial charge in [0.25, 0.3) is 0 Å². The molecule has 0 saturated carbocycles. The van der Waals surface area contributed by atoms with Gasteiger partial charge in [-0.2, -0.15) is 18.4 Å². The van der Waals surface area contributed by atoms with Gasteiger partial charge in [-0.3, -0.25) is 0 Å². The third-order valence-corrected chi connectivity index (χ3v) is 14.0. The van der Waals surface area contributed by atoms with Gasteiger partial charge < -0.3 is 9.13 Å². The van der Waals surface area contributed by atoms with E-state index >= 15 is 0 Å². The van der Waals surface area contributed by atoms with Crippen LogP contribution >= 0.6 is 22.7 Å². The van der Waals surface area contributed by atoms with Gasteiger partial charge in [-0.1, -0.05) is 115 Å². The first-order chi connectivity index (χ1) is 28.4. The molecule has 274 valence electrons. The van der Waals surface area contributed by atoms with Crippen LogP contribution in [0.1, 0.15) is 11.1 Å². The first-order valence-corrected chi connectivity index (χ1v) is 20.4. The summed E-state index contributed by atoms with van der Waals surface area (Å²) >= 11 is 3.42. The van der Waals surface area contributed by atoms with Crippen LogP contribution < -0.4 is 0 Å². The fourth-order valence-corrected chi connectivity index (χ4v) is 11.6. The number of nitriles is 1. The largest absolute Gasteiger partial charge is 0.416 e. The van der Waals surface area contributed by atoms with Crippen molar-refractivity contribution in [1.82, 2.24) is 9.13 Å². The first kappa shape index (κ1) is 33.2. The van der Waals surface area contributed by atoms with Crippen LogP contribution in [0.4, 0.5) is 13.2 Å². The second-order valence-corrected chi connectivity index (χ2v) is 16.7. The van der Waals surface area contributed by atoms with Gasteiger partial charge in [-0.25, -0.2) is 0 Å². The van der Waals surface area contributed by atoms with E-state index in [-0.39, 0.29) is 0 Å². The van der Waals surface area contributed by atoms with Crippen LogP contribution in [0.25, 0.3) is 106 Å². The maximum absolute atomic E-state index is 14.4. The Morgan fingerprint density at radius 3 is 1.59 bits per heavy atom. The SMILES string of the molecule is N#Cc1c(-n2c3ccccc3c3ccc4c5ccccc5sc4c32)ccc(-c2cccc(C(F)(F)F)c2)c1-n1c2ccccc2c2ccc3c4ccccc4sc3c21. The highest BCUT2D eigenvalue weighted by Crippen LogP contribution is 2.48. The molecule has 0 spiro atoms. The molecule has 4 heterocycles. The summed E-state index contributed by atoms with van der Waals surface area (Å²) in [7, 11) is 0. The van der Waals surface area contributed by atoms with Gasteiger partial charge in [0.15, 0.2) is 0 Å². The number of aromatic nitrogens is 2. The number of hydrogen-bond acceptors (Lipinski definition) is 3. The van der Waals surface area contributed by atoms with E-state index in [1.54, 1.807) is 28.7 Å². The van der Waals surface area contributed by atoms with Gasteiger partial charge in [0.1, 0.15) is 11.6 Å². The number of halogens is 3. The predicted octanol–water partition coefficient (Wildman–Crippen LogP) is 15.2. The lowest BCUT2D eigenvalue weighted by Crippen LogP contribution is -2.08. The van der Waals surface area contributed by atoms with Crippen molar-refractivity contribution in [3.8, 4) is 28.6 Å². The topological polar surface area (TPSA) is 33.6 Å². The molecule has 0 fully saturated rings. The molecule has 4 aromatic heterocycles. The van der Waals surface area contributed by atoms with E-state index in [1.165, 1.54) is 22.2 Å². The molecule has 8 heteroatoms. The summed E-state index contributed by atoms with van der Waals surface area (Å²) in [5.41, 5.74) is 5.39. The van der Waals surface area contributed by atoms with E-state index in [1.807, 2.05) is 54.6 Å². The second kappa shape index (κ2) is 12.0. The van der Waals surface area contributed by atoms with Crippen molar-refractivity contribution in [2.75, 3.05) is 0 Å². The minimum atomic E-state index is -4.55. The summed E-state index contributed by atoms with van der Waals surface area (Å²) in [6.07, 6.45) is -4.55. The maximum Gasteiger partial charge on any atom is 0.416 e. The van der Waals surface area contributed by atoms with Crippen LogP contribution in [0.15, 0.2) is 158 Å². The first-order valence-electron chi connectivity index (χ1n) is 18.8. The highest BCUT2D eigenvalue weighted by molar-refractivity contribution is 7.27. The Labute approximate surface area is 336 Å². The molecule has 0 aliphatic carbocycles. The number of alkyl halides is 3. The van der Waals surface area contributed by atoms with Gasteiger partial charge in [-0.15, -0.1) is 22.7 Å². The number of fused-ring (bicyclic) bond motifs is 14. The van der Waals surface area contributed by atoms with E-state index in [9.17, 15) is 18.4 Å². The normalized spacial score (nSPS) is 12.4. The Hall–Kier alpha value is -6.92. The molecule has 8 aromatic carbocycles. The van der Waals surface area contributed by atoms with Crippen molar-refractivity contribution >= 4 is 107 Å². The molecule has 0 aliphatic rings. The van der Waals surface area contributed by atoms with Gasteiger partial charge in [0.05, 0.1) is 48.4 Å². The molecule has 0 radical (unpaired) electrons. The molecule has 0 bridgehead atoms. The van der Waals surface area contributed by atoms with E-state index < -0.39 is 11.7 Å². The molecular formula is C50H26F3N3S2. The Kier molecular flexibility index (Phi) is 6.90. The minimum absolute atomic E-state index is 0.358. The minimum Gasteiger partial charge on any atom is -0.306 e. The van der Waals surface area contributed by atoms with Gasteiger partial charge in [0, 0.05) is 58.1 Å². The Morgan fingerprint density at radius 1 is 0.483 bits per heavy atom. The number of thiophene rings is 2. The Balaban J connectivity index is 1.29. The zero-order chi connectivity index (χ0) is 38.9. The van der Waals surface area contributed by atoms with Crippen molar-refractivity contribution in [3.63, 3.8) is 0 Å². The third kappa shape index (κ3) is 4.54. The van der Waals surface area contributed by atoms with Crippen molar-refractivity contribution in [2.24, 2.45) is 0 Å². The summed E-state index contributed by atoms with van der Waals surface area (Å²) < 4.78 is 51.9. The number of rotatable bonds is 3. The van der Waals surface area contributed by atoms with E-state index in [2.05, 4.69) is 94.1 Å². The molecule has 12 aromatic rings. The molecule has 58 heavy (non-hydrogen) atoms. The summed E-state index contributed by atoms with van der Waals surface area (Å²) in [6, 6.07) is 53.6. The fraction of sp³-hybridized carbons (Fsp3) is 0.0200. The predicted molar refractivity (Wildman–Crippen MR) is 236 cm³/mol. The van der Waals surface area contributed by atoms with Crippen LogP contribution in [-0.2, 0) is 6.18 Å². The molecule has 0 aliphatic heterocycles. The summed E-state index contributed by atoms with van der Waals surface area (Å²) in [5.74, 6) is 0. The van der Waals surface area contributed by atoms with Crippen LogP contribution in [0.2, 0.25) is 0 Å². The van der Waals surface area contributed by atoms with Gasteiger partial charge >= 0.3 is 6.18 Å². The molecule has 0 N–H and O–H groups in total. The van der Waals surface area contributed by atoms with Crippen LogP contribution in [0.5, 0.6) is 0 Å². The molecule has 0 atom stereocenters. The molecule has 0 saturated heterocycles. The number of hydrogen-bond donors (Lipinski definition) is 0. The zero-order valence-electron chi connectivity index (χ0n) is 30.3. The standard InChI is InChI=1S/C50H26F3N3S2/c51-50(52,53)29-11-9-10-28(26-29)30-24-25-42(55-40-16-5-1-12-31(40)35-20-22-37-33-14-3-7-18-43(33)57-48(37)46(35)55)39(27-54)45(30)56-41-17-6-2-13-32(41)36-21-23-38-34-15-4-8-19-44(34)58-49(38)47(36)56/h1-26H. The third-order valence-electron chi connectivity index (χ3n) is 11.6. The van der Waals surface area contributed by atoms with Crippen molar-refractivity contribution in [1.29, 1.82) is 5.26 Å². The summed E-state index contributed by atoms with van der Waals surface area (Å²) in [6.45, 7) is 0. The van der Waals surface area contributed by atoms with E-state index in [0.29, 0.717) is 28.1 Å². The molecule has 0 unspecified atom stereocenters. The Morgan fingerprint density at radius 2 is 1.00 bits per heavy atom. The average Bonchev–Trinajstić information content (AvgIpc) is 4.00. The molecule has 3 nitrogen and oxygen atoms in total. The molecule has 0 amide bonds. The molecule has 12 rings (SSSR count). The van der Waals surface area contributed by atoms with Crippen molar-refractivity contribution < 1.29 is 13.2 Å². The highest BCUT2D eigenvalue weighted by Gasteiger charge is 2.32. The fourth-order valence-electron chi connectivity index (χ4n) is 9.15. The number of nitrogens with zero attached hydrogens (tertiary/aromatic N) is 3. The lowest BCUT2D eigenvalue weighted by Gasteiger charge is -2.20. The van der Waals surface area contributed by atoms with Crippen LogP contribution in [0.3, 0.4) is 0 Å². The monoisotopic (exact) mass is 789 g/mol. The number of benzene rings is 8. The van der Waals surface area contributed by atoms with E-state index in [0.717, 1.165) is 79.9 Å². The summed E-state index contributed by atoms with van der Waals surface area (Å²) in [4.78, 5) is 0. The lowest BCUT2D eigenvalue weighted by molar-refractivity contribution is -0.137. The second-order valence-electron chi connectivity index (χ2n) is 14.6. The maximum atomic E-state index is 14.4. The average molecular weight is 790 g/mol. The molecular weight excluding hydrogens is 764 g/mol. The number of para-hydroxylation sites is 2. The smallest absolute Gasteiger partial charge is 0.306 e. The Bertz CT molecular complexity index is 3760. The quantitative estimate of drug-likeness (QED) is 0.175. The summed E-state index contributed by atoms with van der Waals surface area (Å²) in [5, 5.41) is 20.3. The van der Waals surface area contributed by atoms with Crippen molar-refractivity contribution in [2.45, 2.75) is 6.18 Å². The van der Waals surface area contributed by atoms with Crippen LogP contribution in [0, 0.1) is 11.3 Å². The van der Waals surface area contributed by atoms with Crippen molar-refractivity contribution in [3.05, 3.63) is 169 Å². The highest BCUT2D eigenvalue weighted by atomic mass is 32.1. The van der Waals surface area contributed by atoms with Crippen LogP contribution in [-0.4, -0.2) is 9.13 Å². The zero-order valence-corrected chi connectivity index (χ0v) is 31.9. The lowest BCUT2D eigenvalue weighted by atomic mass is 9.96. The van der Waals surface area contributed by atoms with Gasteiger partial charge in [0.2, 0.25) is 0 Å².